The molecule has 4 amide bonds. The number of urea groups is 1. The molecule has 2 saturated carbocycles. The molecule has 0 radical (unpaired) electrons. The van der Waals surface area contributed by atoms with Crippen LogP contribution in [0.4, 0.5) is 4.79 Å². The molecule has 2 aliphatic heterocycles. The standard InChI is InChI=1S/C33H39N7O7S/c1-38-14-6-4-3-5-8-22-19-33(22,31(42)37-48(44,45)25-10-11-25)36-29(41)27-18-24(20-39(27)32(38)43)47-30-26-12-9-23(46-2)16-21(26)17-28(35-30)40-15-7-13-34-40/h5,7-9,12-13,15-17,22,24-25,27H,3-4,6,10-11,14,18-20H2,1-2H3,(H,36,41)(H,37,42)/b8-5-/t22-,24-,27+,33-/m1/s1. The van der Waals surface area contributed by atoms with Gasteiger partial charge in [-0.05, 0) is 74.2 Å². The number of hydrogen-bond donors (Lipinski definition) is 2. The first-order valence-corrected chi connectivity index (χ1v) is 17.8. The number of nitrogens with one attached hydrogen (secondary N) is 2. The van der Waals surface area contributed by atoms with Crippen molar-refractivity contribution in [2.75, 3.05) is 27.2 Å². The summed E-state index contributed by atoms with van der Waals surface area (Å²) in [5, 5.41) is 8.13. The summed E-state index contributed by atoms with van der Waals surface area (Å²) in [5.74, 6) is -0.162. The number of aromatic nitrogens is 3. The molecule has 1 aromatic carbocycles. The van der Waals surface area contributed by atoms with Crippen LogP contribution in [0.1, 0.15) is 44.9 Å². The minimum absolute atomic E-state index is 0.102. The fraction of sp³-hybridized carbons (Fsp3) is 0.485. The fourth-order valence-corrected chi connectivity index (χ4v) is 7.95. The Hall–Kier alpha value is -4.66. The Morgan fingerprint density at radius 1 is 1.17 bits per heavy atom. The molecule has 0 unspecified atom stereocenters. The number of benzene rings is 1. The van der Waals surface area contributed by atoms with E-state index >= 15 is 0 Å². The molecule has 2 N–H and O–H groups in total. The van der Waals surface area contributed by atoms with E-state index in [1.165, 1.54) is 4.90 Å². The van der Waals surface area contributed by atoms with E-state index < -0.39 is 44.8 Å². The van der Waals surface area contributed by atoms with Gasteiger partial charge in [-0.25, -0.2) is 17.9 Å². The fourth-order valence-electron chi connectivity index (χ4n) is 6.58. The maximum Gasteiger partial charge on any atom is 0.320 e. The third-order valence-electron chi connectivity index (χ3n) is 9.59. The second kappa shape index (κ2) is 12.4. The summed E-state index contributed by atoms with van der Waals surface area (Å²) in [6, 6.07) is 7.88. The van der Waals surface area contributed by atoms with Gasteiger partial charge in [0.25, 0.3) is 5.91 Å². The predicted octanol–water partition coefficient (Wildman–Crippen LogP) is 2.53. The number of allylic oxidation sites excluding steroid dienone is 1. The third-order valence-corrected chi connectivity index (χ3v) is 11.4. The highest BCUT2D eigenvalue weighted by molar-refractivity contribution is 7.91. The van der Waals surface area contributed by atoms with Crippen LogP contribution in [0.15, 0.2) is 54.9 Å². The molecule has 4 atom stereocenters. The van der Waals surface area contributed by atoms with Crippen LogP contribution in [-0.4, -0.2) is 101 Å². The molecule has 7 rings (SSSR count). The summed E-state index contributed by atoms with van der Waals surface area (Å²) in [6.45, 7) is 0.614. The van der Waals surface area contributed by atoms with E-state index in [0.717, 1.165) is 24.6 Å². The molecule has 1 saturated heterocycles. The number of sulfonamides is 1. The summed E-state index contributed by atoms with van der Waals surface area (Å²) in [5.41, 5.74) is -1.42. The van der Waals surface area contributed by atoms with E-state index in [1.807, 2.05) is 30.4 Å². The zero-order chi connectivity index (χ0) is 33.6. The van der Waals surface area contributed by atoms with E-state index in [4.69, 9.17) is 14.5 Å². The monoisotopic (exact) mass is 677 g/mol. The molecule has 15 heteroatoms. The SMILES string of the molecule is COc1ccc2c(O[C@@H]3C[C@H]4C(=O)N[C@]5(C(=O)NS(=O)(=O)C6CC6)C[C@H]5/C=C\CCCCN(C)C(=O)N4C3)nc(-n3cccn3)cc2c1. The quantitative estimate of drug-likeness (QED) is 0.358. The van der Waals surface area contributed by atoms with Crippen molar-refractivity contribution in [1.29, 1.82) is 0 Å². The number of fused-ring (bicyclic) bond motifs is 3. The molecule has 2 aromatic heterocycles. The minimum Gasteiger partial charge on any atom is -0.497 e. The first-order chi connectivity index (χ1) is 23.1. The number of rotatable bonds is 7. The van der Waals surface area contributed by atoms with E-state index in [9.17, 15) is 22.8 Å². The van der Waals surface area contributed by atoms with Gasteiger partial charge < -0.3 is 24.6 Å². The molecule has 4 heterocycles. The van der Waals surface area contributed by atoms with E-state index in [-0.39, 0.29) is 31.3 Å². The van der Waals surface area contributed by atoms with Crippen LogP contribution in [0.5, 0.6) is 11.6 Å². The van der Waals surface area contributed by atoms with Gasteiger partial charge in [-0.2, -0.15) is 10.1 Å². The zero-order valence-corrected chi connectivity index (χ0v) is 27.7. The van der Waals surface area contributed by atoms with Crippen molar-refractivity contribution in [3.63, 3.8) is 0 Å². The lowest BCUT2D eigenvalue weighted by molar-refractivity contribution is -0.131. The number of hydrogen-bond acceptors (Lipinski definition) is 9. The van der Waals surface area contributed by atoms with Gasteiger partial charge in [0.1, 0.15) is 23.4 Å². The van der Waals surface area contributed by atoms with Crippen molar-refractivity contribution in [2.45, 2.75) is 67.9 Å². The van der Waals surface area contributed by atoms with Crippen LogP contribution in [0.2, 0.25) is 0 Å². The topological polar surface area (TPSA) is 165 Å². The summed E-state index contributed by atoms with van der Waals surface area (Å²) >= 11 is 0. The van der Waals surface area contributed by atoms with E-state index in [0.29, 0.717) is 42.2 Å². The van der Waals surface area contributed by atoms with Gasteiger partial charge in [0.2, 0.25) is 21.8 Å². The van der Waals surface area contributed by atoms with Crippen molar-refractivity contribution in [2.24, 2.45) is 5.92 Å². The Morgan fingerprint density at radius 2 is 2.00 bits per heavy atom. The summed E-state index contributed by atoms with van der Waals surface area (Å²) in [4.78, 5) is 49.3. The van der Waals surface area contributed by atoms with Crippen molar-refractivity contribution in [3.05, 3.63) is 54.9 Å². The second-order valence-corrected chi connectivity index (χ2v) is 15.0. The molecule has 4 aliphatic rings. The van der Waals surface area contributed by atoms with Gasteiger partial charge >= 0.3 is 6.03 Å². The minimum atomic E-state index is -3.83. The Morgan fingerprint density at radius 3 is 2.75 bits per heavy atom. The van der Waals surface area contributed by atoms with Crippen LogP contribution in [0, 0.1) is 5.92 Å². The number of carbonyl (C=O) groups is 3. The van der Waals surface area contributed by atoms with Crippen LogP contribution < -0.4 is 19.5 Å². The number of ether oxygens (including phenoxy) is 2. The Bertz CT molecular complexity index is 1880. The number of nitrogens with zero attached hydrogens (tertiary/aromatic N) is 5. The van der Waals surface area contributed by atoms with E-state index in [2.05, 4.69) is 15.1 Å². The van der Waals surface area contributed by atoms with Gasteiger partial charge in [-0.15, -0.1) is 0 Å². The van der Waals surface area contributed by atoms with Gasteiger partial charge in [0, 0.05) is 43.7 Å². The lowest BCUT2D eigenvalue weighted by atomic mass is 10.1. The largest absolute Gasteiger partial charge is 0.497 e. The van der Waals surface area contributed by atoms with Gasteiger partial charge in [0.05, 0.1) is 18.9 Å². The molecule has 0 spiro atoms. The highest BCUT2D eigenvalue weighted by Crippen LogP contribution is 2.46. The molecule has 2 aliphatic carbocycles. The normalized spacial score (nSPS) is 27.0. The van der Waals surface area contributed by atoms with Crippen LogP contribution in [0.25, 0.3) is 16.6 Å². The molecule has 14 nitrogen and oxygen atoms in total. The molecule has 254 valence electrons. The smallest absolute Gasteiger partial charge is 0.320 e. The first kappa shape index (κ1) is 31.9. The van der Waals surface area contributed by atoms with Crippen molar-refractivity contribution < 1.29 is 32.3 Å². The van der Waals surface area contributed by atoms with Crippen LogP contribution in [0.3, 0.4) is 0 Å². The summed E-state index contributed by atoms with van der Waals surface area (Å²) < 4.78 is 41.2. The maximum atomic E-state index is 14.1. The van der Waals surface area contributed by atoms with Gasteiger partial charge in [0.15, 0.2) is 5.82 Å². The predicted molar refractivity (Wildman–Crippen MR) is 175 cm³/mol. The zero-order valence-electron chi connectivity index (χ0n) is 26.9. The Kier molecular flexibility index (Phi) is 8.26. The van der Waals surface area contributed by atoms with Crippen LogP contribution in [-0.2, 0) is 19.6 Å². The number of pyridine rings is 1. The lowest BCUT2D eigenvalue weighted by Crippen LogP contribution is -2.57. The molecular weight excluding hydrogens is 638 g/mol. The van der Waals surface area contributed by atoms with Crippen LogP contribution >= 0.6 is 0 Å². The van der Waals surface area contributed by atoms with Crippen molar-refractivity contribution >= 4 is 38.6 Å². The van der Waals surface area contributed by atoms with Gasteiger partial charge in [-0.3, -0.25) is 14.3 Å². The molecular formula is C33H39N7O7S. The number of methoxy groups -OCH3 is 1. The average Bonchev–Trinajstić information content (AvgIpc) is 3.93. The maximum absolute atomic E-state index is 14.1. The summed E-state index contributed by atoms with van der Waals surface area (Å²) in [7, 11) is -0.538. The highest BCUT2D eigenvalue weighted by atomic mass is 32.2. The number of amides is 4. The molecule has 3 fully saturated rings. The van der Waals surface area contributed by atoms with Gasteiger partial charge in [-0.1, -0.05) is 12.2 Å². The first-order valence-electron chi connectivity index (χ1n) is 16.3. The Balaban J connectivity index is 1.19. The van der Waals surface area contributed by atoms with E-state index in [1.54, 1.807) is 48.3 Å². The average molecular weight is 678 g/mol. The Labute approximate surface area is 278 Å². The summed E-state index contributed by atoms with van der Waals surface area (Å²) in [6.07, 6.45) is 10.4. The molecule has 48 heavy (non-hydrogen) atoms. The third kappa shape index (κ3) is 6.18. The molecule has 0 bridgehead atoms. The van der Waals surface area contributed by atoms with Crippen molar-refractivity contribution in [3.8, 4) is 17.4 Å². The highest BCUT2D eigenvalue weighted by Gasteiger charge is 2.62. The van der Waals surface area contributed by atoms with Crippen molar-refractivity contribution in [1.82, 2.24) is 34.6 Å². The second-order valence-electron chi connectivity index (χ2n) is 13.0. The number of carbonyl (C=O) groups excluding carboxylic acids is 3. The lowest BCUT2D eigenvalue weighted by Gasteiger charge is -2.30. The molecule has 3 aromatic rings.